The van der Waals surface area contributed by atoms with Crippen LogP contribution in [0.3, 0.4) is 0 Å². The van der Waals surface area contributed by atoms with Crippen molar-refractivity contribution in [3.05, 3.63) is 83.2 Å². The minimum atomic E-state index is -0.491. The average molecular weight is 390 g/mol. The number of aromatic nitrogens is 2. The van der Waals surface area contributed by atoms with E-state index in [0.717, 1.165) is 29.8 Å². The van der Waals surface area contributed by atoms with Gasteiger partial charge in [0.15, 0.2) is 0 Å². The number of carbonyl (C=O) groups is 2. The van der Waals surface area contributed by atoms with Crippen LogP contribution in [0.15, 0.2) is 60.7 Å². The lowest BCUT2D eigenvalue weighted by Gasteiger charge is -2.16. The Kier molecular flexibility index (Phi) is 6.44. The van der Waals surface area contributed by atoms with E-state index in [1.807, 2.05) is 62.5 Å². The van der Waals surface area contributed by atoms with Crippen LogP contribution in [-0.4, -0.2) is 28.6 Å². The summed E-state index contributed by atoms with van der Waals surface area (Å²) in [5, 5.41) is 4.15. The highest BCUT2D eigenvalue weighted by Crippen LogP contribution is 2.25. The summed E-state index contributed by atoms with van der Waals surface area (Å²) in [4.78, 5) is 24.2. The molecule has 1 aliphatic rings. The van der Waals surface area contributed by atoms with Crippen LogP contribution >= 0.6 is 0 Å². The lowest BCUT2D eigenvalue weighted by molar-refractivity contribution is -0.118. The molecule has 2 amide bonds. The highest BCUT2D eigenvalue weighted by atomic mass is 16.2. The summed E-state index contributed by atoms with van der Waals surface area (Å²) in [6.45, 7) is 2.56. The number of benzene rings is 2. The molecule has 0 aliphatic carbocycles. The number of rotatable bonds is 3. The maximum atomic E-state index is 11.5. The molecule has 3 aromatic rings. The Morgan fingerprint density at radius 1 is 1.07 bits per heavy atom. The van der Waals surface area contributed by atoms with Crippen LogP contribution in [0.4, 0.5) is 5.69 Å². The summed E-state index contributed by atoms with van der Waals surface area (Å²) in [7, 11) is 1.85. The number of hydrogen-bond donors (Lipinski definition) is 1. The van der Waals surface area contributed by atoms with Crippen LogP contribution in [-0.2, 0) is 17.8 Å². The Bertz CT molecular complexity index is 995. The van der Waals surface area contributed by atoms with Gasteiger partial charge in [-0.25, -0.2) is 0 Å². The van der Waals surface area contributed by atoms with E-state index in [0.29, 0.717) is 18.7 Å². The van der Waals surface area contributed by atoms with Crippen LogP contribution < -0.4 is 10.6 Å². The van der Waals surface area contributed by atoms with Crippen LogP contribution in [0.25, 0.3) is 0 Å². The second kappa shape index (κ2) is 9.19. The monoisotopic (exact) mass is 390 g/mol. The number of primary amides is 1. The summed E-state index contributed by atoms with van der Waals surface area (Å²) in [5.41, 5.74) is 9.92. The largest absolute Gasteiger partial charge is 0.364 e. The molecule has 0 unspecified atom stereocenters. The van der Waals surface area contributed by atoms with E-state index in [2.05, 4.69) is 11.2 Å². The maximum absolute atomic E-state index is 11.5. The normalized spacial score (nSPS) is 13.2. The smallest absolute Gasteiger partial charge is 0.269 e. The lowest BCUT2D eigenvalue weighted by atomic mass is 10.1. The molecule has 1 aliphatic heterocycles. The first-order chi connectivity index (χ1) is 14.0. The quantitative estimate of drug-likeness (QED) is 0.745. The van der Waals surface area contributed by atoms with Crippen molar-refractivity contribution in [1.29, 1.82) is 0 Å². The predicted molar refractivity (Wildman–Crippen MR) is 114 cm³/mol. The third-order valence-electron chi connectivity index (χ3n) is 4.97. The number of para-hydroxylation sites is 1. The molecule has 150 valence electrons. The standard InChI is InChI=1S/C12H13N3O.C11H13NO/c1-9-7-11(12(13)16)14-15(9)8-10-5-3-2-4-6-10;1-12-10-7-3-2-5-9(10)6-4-8-11(12)13/h2-7H,8H2,1H3,(H2,13,16);2-3,5,7H,4,6,8H2,1H3. The number of anilines is 1. The van der Waals surface area contributed by atoms with Gasteiger partial charge in [-0.15, -0.1) is 0 Å². The molecule has 2 heterocycles. The molecule has 0 atom stereocenters. The third-order valence-corrected chi connectivity index (χ3v) is 4.97. The van der Waals surface area contributed by atoms with Crippen molar-refractivity contribution in [2.24, 2.45) is 5.73 Å². The number of nitrogens with zero attached hydrogens (tertiary/aromatic N) is 3. The van der Waals surface area contributed by atoms with Gasteiger partial charge in [0.25, 0.3) is 5.91 Å². The van der Waals surface area contributed by atoms with E-state index in [-0.39, 0.29) is 5.91 Å². The van der Waals surface area contributed by atoms with Gasteiger partial charge in [0.05, 0.1) is 6.54 Å². The fourth-order valence-corrected chi connectivity index (χ4v) is 3.33. The zero-order chi connectivity index (χ0) is 20.8. The van der Waals surface area contributed by atoms with Gasteiger partial charge in [0, 0.05) is 24.8 Å². The highest BCUT2D eigenvalue weighted by molar-refractivity contribution is 5.94. The van der Waals surface area contributed by atoms with Crippen molar-refractivity contribution in [1.82, 2.24) is 9.78 Å². The Hall–Kier alpha value is -3.41. The Morgan fingerprint density at radius 3 is 2.45 bits per heavy atom. The van der Waals surface area contributed by atoms with Crippen LogP contribution in [0.5, 0.6) is 0 Å². The molecule has 0 radical (unpaired) electrons. The van der Waals surface area contributed by atoms with E-state index in [1.165, 1.54) is 5.56 Å². The van der Waals surface area contributed by atoms with E-state index in [9.17, 15) is 9.59 Å². The van der Waals surface area contributed by atoms with E-state index >= 15 is 0 Å². The molecule has 1 aromatic heterocycles. The second-order valence-corrected chi connectivity index (χ2v) is 7.11. The van der Waals surface area contributed by atoms with Crippen LogP contribution in [0.1, 0.15) is 40.2 Å². The summed E-state index contributed by atoms with van der Waals surface area (Å²) in [5.74, 6) is -0.264. The van der Waals surface area contributed by atoms with Crippen molar-refractivity contribution in [3.63, 3.8) is 0 Å². The first-order valence-corrected chi connectivity index (χ1v) is 9.68. The van der Waals surface area contributed by atoms with Crippen molar-refractivity contribution in [2.75, 3.05) is 11.9 Å². The maximum Gasteiger partial charge on any atom is 0.269 e. The topological polar surface area (TPSA) is 81.2 Å². The van der Waals surface area contributed by atoms with Gasteiger partial charge in [-0.05, 0) is 43.0 Å². The zero-order valence-corrected chi connectivity index (χ0v) is 16.8. The number of hydrogen-bond acceptors (Lipinski definition) is 3. The minimum Gasteiger partial charge on any atom is -0.364 e. The van der Waals surface area contributed by atoms with E-state index in [1.54, 1.807) is 15.6 Å². The number of amides is 2. The molecule has 0 bridgehead atoms. The fourth-order valence-electron chi connectivity index (χ4n) is 3.33. The Morgan fingerprint density at radius 2 is 1.76 bits per heavy atom. The molecule has 2 aromatic carbocycles. The third kappa shape index (κ3) is 5.10. The van der Waals surface area contributed by atoms with Gasteiger partial charge in [-0.1, -0.05) is 48.5 Å². The molecule has 4 rings (SSSR count). The zero-order valence-electron chi connectivity index (χ0n) is 16.8. The molecule has 0 fully saturated rings. The first-order valence-electron chi connectivity index (χ1n) is 9.68. The number of aryl methyl sites for hydroxylation is 2. The SMILES string of the molecule is CN1C(=O)CCCc2ccccc21.Cc1cc(C(N)=O)nn1Cc1ccccc1. The van der Waals surface area contributed by atoms with E-state index in [4.69, 9.17) is 5.73 Å². The predicted octanol–water partition coefficient (Wildman–Crippen LogP) is 3.32. The molecule has 6 heteroatoms. The van der Waals surface area contributed by atoms with E-state index < -0.39 is 5.91 Å². The molecule has 0 spiro atoms. The molecular formula is C23H26N4O2. The van der Waals surface area contributed by atoms with Gasteiger partial charge in [-0.3, -0.25) is 14.3 Å². The Labute approximate surface area is 170 Å². The average Bonchev–Trinajstić information content (AvgIpc) is 3.02. The number of nitrogens with two attached hydrogens (primary N) is 1. The van der Waals surface area contributed by atoms with Crippen LogP contribution in [0.2, 0.25) is 0 Å². The molecule has 2 N–H and O–H groups in total. The molecular weight excluding hydrogens is 364 g/mol. The van der Waals surface area contributed by atoms with Crippen LogP contribution in [0, 0.1) is 6.92 Å². The van der Waals surface area contributed by atoms with Crippen molar-refractivity contribution in [3.8, 4) is 0 Å². The highest BCUT2D eigenvalue weighted by Gasteiger charge is 2.17. The van der Waals surface area contributed by atoms with Gasteiger partial charge in [-0.2, -0.15) is 5.10 Å². The second-order valence-electron chi connectivity index (χ2n) is 7.11. The summed E-state index contributed by atoms with van der Waals surface area (Å²) < 4.78 is 1.77. The summed E-state index contributed by atoms with van der Waals surface area (Å²) in [6.07, 6.45) is 2.66. The van der Waals surface area contributed by atoms with Gasteiger partial charge >= 0.3 is 0 Å². The number of fused-ring (bicyclic) bond motifs is 1. The fraction of sp³-hybridized carbons (Fsp3) is 0.261. The van der Waals surface area contributed by atoms with Crippen molar-refractivity contribution in [2.45, 2.75) is 32.7 Å². The lowest BCUT2D eigenvalue weighted by Crippen LogP contribution is -2.24. The molecule has 0 saturated carbocycles. The molecule has 29 heavy (non-hydrogen) atoms. The summed E-state index contributed by atoms with van der Waals surface area (Å²) in [6, 6.07) is 19.8. The number of carbonyl (C=O) groups excluding carboxylic acids is 2. The van der Waals surface area contributed by atoms with Gasteiger partial charge < -0.3 is 10.6 Å². The van der Waals surface area contributed by atoms with Gasteiger partial charge in [0.2, 0.25) is 5.91 Å². The minimum absolute atomic E-state index is 0.227. The molecule has 6 nitrogen and oxygen atoms in total. The summed E-state index contributed by atoms with van der Waals surface area (Å²) >= 11 is 0. The Balaban J connectivity index is 0.000000169. The van der Waals surface area contributed by atoms with Crippen molar-refractivity contribution < 1.29 is 9.59 Å². The molecule has 0 saturated heterocycles. The van der Waals surface area contributed by atoms with Gasteiger partial charge in [0.1, 0.15) is 5.69 Å². The first kappa shape index (κ1) is 20.3. The van der Waals surface area contributed by atoms with Crippen molar-refractivity contribution >= 4 is 17.5 Å².